The van der Waals surface area contributed by atoms with Gasteiger partial charge in [0.15, 0.2) is 6.10 Å². The second-order valence-electron chi connectivity index (χ2n) is 7.38. The average Bonchev–Trinajstić information content (AvgIpc) is 3.06. The van der Waals surface area contributed by atoms with Crippen LogP contribution in [-0.2, 0) is 0 Å². The summed E-state index contributed by atoms with van der Waals surface area (Å²) in [7, 11) is 0. The molecule has 0 saturated heterocycles. The van der Waals surface area contributed by atoms with Gasteiger partial charge in [-0.2, -0.15) is 0 Å². The first-order valence-corrected chi connectivity index (χ1v) is 9.64. The Morgan fingerprint density at radius 1 is 0.464 bits per heavy atom. The molecular weight excluding hydrogens is 340 g/mol. The maximum absolute atomic E-state index is 6.55. The Labute approximate surface area is 163 Å². The highest BCUT2D eigenvalue weighted by Gasteiger charge is 2.29. The smallest absolute Gasteiger partial charge is 0.150 e. The van der Waals surface area contributed by atoms with E-state index in [9.17, 15) is 0 Å². The van der Waals surface area contributed by atoms with Crippen LogP contribution in [0.3, 0.4) is 0 Å². The zero-order valence-corrected chi connectivity index (χ0v) is 15.3. The molecular formula is C27H18O. The highest BCUT2D eigenvalue weighted by atomic mass is 16.5. The van der Waals surface area contributed by atoms with Crippen molar-refractivity contribution in [1.82, 2.24) is 0 Å². The normalized spacial score (nSPS) is 12.9. The van der Waals surface area contributed by atoms with Gasteiger partial charge in [-0.3, -0.25) is 0 Å². The number of ether oxygens (including phenoxy) is 1. The molecule has 0 aliphatic heterocycles. The van der Waals surface area contributed by atoms with Gasteiger partial charge in [0.1, 0.15) is 5.75 Å². The maximum atomic E-state index is 6.55. The van der Waals surface area contributed by atoms with Crippen molar-refractivity contribution in [3.8, 4) is 16.9 Å². The van der Waals surface area contributed by atoms with Gasteiger partial charge < -0.3 is 4.74 Å². The lowest BCUT2D eigenvalue weighted by Crippen LogP contribution is -2.05. The van der Waals surface area contributed by atoms with Crippen LogP contribution in [0.25, 0.3) is 32.7 Å². The number of hydrogen-bond acceptors (Lipinski definition) is 1. The first-order valence-electron chi connectivity index (χ1n) is 9.64. The van der Waals surface area contributed by atoms with Crippen molar-refractivity contribution in [2.24, 2.45) is 0 Å². The molecule has 0 N–H and O–H groups in total. The molecule has 1 heteroatoms. The number of rotatable bonds is 2. The van der Waals surface area contributed by atoms with Gasteiger partial charge in [-0.1, -0.05) is 78.9 Å². The molecule has 1 aliphatic rings. The summed E-state index contributed by atoms with van der Waals surface area (Å²) >= 11 is 0. The van der Waals surface area contributed by atoms with E-state index in [1.807, 2.05) is 0 Å². The summed E-state index contributed by atoms with van der Waals surface area (Å²) in [5.74, 6) is 0.902. The summed E-state index contributed by atoms with van der Waals surface area (Å²) in [6, 6.07) is 36.5. The molecule has 0 amide bonds. The van der Waals surface area contributed by atoms with Crippen LogP contribution in [0.15, 0.2) is 103 Å². The van der Waals surface area contributed by atoms with E-state index < -0.39 is 0 Å². The van der Waals surface area contributed by atoms with E-state index >= 15 is 0 Å². The summed E-state index contributed by atoms with van der Waals surface area (Å²) in [5.41, 5.74) is 5.02. The molecule has 6 rings (SSSR count). The lowest BCUT2D eigenvalue weighted by atomic mass is 10.0. The molecule has 28 heavy (non-hydrogen) atoms. The van der Waals surface area contributed by atoms with Gasteiger partial charge in [-0.15, -0.1) is 0 Å². The molecule has 0 unspecified atom stereocenters. The van der Waals surface area contributed by atoms with Crippen molar-refractivity contribution in [2.75, 3.05) is 0 Å². The van der Waals surface area contributed by atoms with Gasteiger partial charge >= 0.3 is 0 Å². The van der Waals surface area contributed by atoms with Gasteiger partial charge in [-0.25, -0.2) is 0 Å². The Kier molecular flexibility index (Phi) is 3.30. The quantitative estimate of drug-likeness (QED) is 0.305. The molecule has 0 atom stereocenters. The lowest BCUT2D eigenvalue weighted by Gasteiger charge is -2.17. The zero-order chi connectivity index (χ0) is 18.5. The second kappa shape index (κ2) is 5.97. The van der Waals surface area contributed by atoms with Gasteiger partial charge in [0.05, 0.1) is 0 Å². The van der Waals surface area contributed by atoms with E-state index in [0.29, 0.717) is 0 Å². The van der Waals surface area contributed by atoms with Crippen LogP contribution in [0.4, 0.5) is 0 Å². The van der Waals surface area contributed by atoms with Crippen molar-refractivity contribution < 1.29 is 4.74 Å². The van der Waals surface area contributed by atoms with Crippen molar-refractivity contribution in [2.45, 2.75) is 6.10 Å². The third-order valence-corrected chi connectivity index (χ3v) is 5.71. The Balaban J connectivity index is 1.45. The van der Waals surface area contributed by atoms with Crippen LogP contribution in [0.2, 0.25) is 0 Å². The molecule has 1 aliphatic carbocycles. The van der Waals surface area contributed by atoms with E-state index in [0.717, 1.165) is 5.75 Å². The summed E-state index contributed by atoms with van der Waals surface area (Å²) < 4.78 is 6.55. The molecule has 5 aromatic rings. The fourth-order valence-electron chi connectivity index (χ4n) is 4.36. The molecule has 0 radical (unpaired) electrons. The highest BCUT2D eigenvalue weighted by Crippen LogP contribution is 2.45. The topological polar surface area (TPSA) is 9.23 Å². The van der Waals surface area contributed by atoms with Gasteiger partial charge in [0, 0.05) is 11.1 Å². The van der Waals surface area contributed by atoms with Crippen molar-refractivity contribution in [1.29, 1.82) is 0 Å². The van der Waals surface area contributed by atoms with Crippen LogP contribution in [-0.4, -0.2) is 0 Å². The van der Waals surface area contributed by atoms with Crippen LogP contribution in [0, 0.1) is 0 Å². The van der Waals surface area contributed by atoms with E-state index in [2.05, 4.69) is 103 Å². The Morgan fingerprint density at radius 3 is 1.68 bits per heavy atom. The minimum atomic E-state index is -0.0645. The standard InChI is InChI=1S/C27H18O/c1-2-8-19-16-21-17-22(14-13-20(21)15-18(19)7-1)28-27-25-11-5-3-9-23(25)24-10-4-6-12-26(24)27/h1-17,27H. The maximum Gasteiger partial charge on any atom is 0.150 e. The zero-order valence-electron chi connectivity index (χ0n) is 15.3. The largest absolute Gasteiger partial charge is 0.481 e. The van der Waals surface area contributed by atoms with E-state index in [-0.39, 0.29) is 6.10 Å². The highest BCUT2D eigenvalue weighted by molar-refractivity contribution is 5.98. The molecule has 0 bridgehead atoms. The minimum absolute atomic E-state index is 0.0645. The molecule has 0 spiro atoms. The first-order chi connectivity index (χ1) is 13.9. The van der Waals surface area contributed by atoms with Gasteiger partial charge in [0.25, 0.3) is 0 Å². The number of hydrogen-bond donors (Lipinski definition) is 0. The molecule has 0 saturated carbocycles. The summed E-state index contributed by atoms with van der Waals surface area (Å²) in [4.78, 5) is 0. The predicted octanol–water partition coefficient (Wildman–Crippen LogP) is 7.14. The van der Waals surface area contributed by atoms with Crippen LogP contribution in [0.1, 0.15) is 17.2 Å². The van der Waals surface area contributed by atoms with Crippen molar-refractivity contribution in [3.05, 3.63) is 114 Å². The lowest BCUT2D eigenvalue weighted by molar-refractivity contribution is 0.252. The van der Waals surface area contributed by atoms with E-state index in [1.165, 1.54) is 43.8 Å². The fourth-order valence-corrected chi connectivity index (χ4v) is 4.36. The second-order valence-corrected chi connectivity index (χ2v) is 7.38. The van der Waals surface area contributed by atoms with E-state index in [4.69, 9.17) is 4.74 Å². The van der Waals surface area contributed by atoms with Gasteiger partial charge in [0.2, 0.25) is 0 Å². The third kappa shape index (κ3) is 2.33. The number of benzene rings is 5. The average molecular weight is 358 g/mol. The van der Waals surface area contributed by atoms with Gasteiger partial charge in [-0.05, 0) is 56.9 Å². The van der Waals surface area contributed by atoms with E-state index in [1.54, 1.807) is 0 Å². The van der Waals surface area contributed by atoms with Crippen molar-refractivity contribution >= 4 is 21.5 Å². The first kappa shape index (κ1) is 15.5. The molecule has 5 aromatic carbocycles. The Bertz CT molecular complexity index is 1300. The molecule has 0 aromatic heterocycles. The SMILES string of the molecule is c1ccc2c(c1)-c1ccccc1C2Oc1ccc2cc3ccccc3cc2c1. The predicted molar refractivity (Wildman–Crippen MR) is 116 cm³/mol. The Morgan fingerprint density at radius 2 is 1.00 bits per heavy atom. The fraction of sp³-hybridized carbons (Fsp3) is 0.0370. The van der Waals surface area contributed by atoms with Crippen molar-refractivity contribution in [3.63, 3.8) is 0 Å². The van der Waals surface area contributed by atoms with Crippen LogP contribution >= 0.6 is 0 Å². The molecule has 1 nitrogen and oxygen atoms in total. The monoisotopic (exact) mass is 358 g/mol. The third-order valence-electron chi connectivity index (χ3n) is 5.71. The molecule has 132 valence electrons. The minimum Gasteiger partial charge on any atom is -0.481 e. The van der Waals surface area contributed by atoms with Crippen LogP contribution in [0.5, 0.6) is 5.75 Å². The molecule has 0 fully saturated rings. The molecule has 0 heterocycles. The Hall–Kier alpha value is -3.58. The summed E-state index contributed by atoms with van der Waals surface area (Å²) in [5, 5.41) is 4.96. The summed E-state index contributed by atoms with van der Waals surface area (Å²) in [6.45, 7) is 0. The number of fused-ring (bicyclic) bond motifs is 5. The summed E-state index contributed by atoms with van der Waals surface area (Å²) in [6.07, 6.45) is -0.0645. The van der Waals surface area contributed by atoms with Crippen LogP contribution < -0.4 is 4.74 Å².